The molecule has 4 nitrogen and oxygen atoms in total. The predicted molar refractivity (Wildman–Crippen MR) is 43.0 cm³/mol. The maximum Gasteiger partial charge on any atom is 0.164 e. The molecular formula is C7H14N4. The van der Waals surface area contributed by atoms with Gasteiger partial charge in [-0.15, -0.1) is 0 Å². The SMILES string of the molecule is CC(C)NCc1ncn(C)n1. The topological polar surface area (TPSA) is 42.7 Å². The summed E-state index contributed by atoms with van der Waals surface area (Å²) >= 11 is 0. The van der Waals surface area contributed by atoms with Gasteiger partial charge in [0.1, 0.15) is 6.33 Å². The molecule has 0 unspecified atom stereocenters. The number of aromatic nitrogens is 3. The van der Waals surface area contributed by atoms with Crippen molar-refractivity contribution in [1.29, 1.82) is 0 Å². The second-order valence-corrected chi connectivity index (χ2v) is 2.87. The van der Waals surface area contributed by atoms with Crippen molar-refractivity contribution in [2.45, 2.75) is 26.4 Å². The summed E-state index contributed by atoms with van der Waals surface area (Å²) in [6.45, 7) is 4.95. The highest BCUT2D eigenvalue weighted by atomic mass is 15.3. The van der Waals surface area contributed by atoms with E-state index < -0.39 is 0 Å². The third-order valence-corrected chi connectivity index (χ3v) is 1.32. The first-order chi connectivity index (χ1) is 5.18. The van der Waals surface area contributed by atoms with Gasteiger partial charge in [0.25, 0.3) is 0 Å². The molecule has 0 spiro atoms. The highest BCUT2D eigenvalue weighted by Crippen LogP contribution is 1.87. The molecular weight excluding hydrogens is 140 g/mol. The van der Waals surface area contributed by atoms with Crippen LogP contribution in [0.2, 0.25) is 0 Å². The third kappa shape index (κ3) is 2.67. The Labute approximate surface area is 66.6 Å². The van der Waals surface area contributed by atoms with Gasteiger partial charge in [-0.2, -0.15) is 5.10 Å². The van der Waals surface area contributed by atoms with Gasteiger partial charge in [0.2, 0.25) is 0 Å². The number of aryl methyl sites for hydroxylation is 1. The maximum atomic E-state index is 4.13. The first-order valence-electron chi connectivity index (χ1n) is 3.76. The molecule has 0 saturated carbocycles. The van der Waals surface area contributed by atoms with Gasteiger partial charge in [-0.25, -0.2) is 4.98 Å². The van der Waals surface area contributed by atoms with Crippen molar-refractivity contribution in [2.24, 2.45) is 7.05 Å². The lowest BCUT2D eigenvalue weighted by Gasteiger charge is -2.03. The van der Waals surface area contributed by atoms with E-state index in [1.54, 1.807) is 11.0 Å². The molecule has 0 aliphatic rings. The van der Waals surface area contributed by atoms with Crippen molar-refractivity contribution in [2.75, 3.05) is 0 Å². The Morgan fingerprint density at radius 1 is 1.64 bits per heavy atom. The van der Waals surface area contributed by atoms with E-state index in [-0.39, 0.29) is 0 Å². The number of hydrogen-bond acceptors (Lipinski definition) is 3. The van der Waals surface area contributed by atoms with Crippen LogP contribution in [-0.4, -0.2) is 20.8 Å². The standard InChI is InChI=1S/C7H14N4/c1-6(2)8-4-7-9-5-11(3)10-7/h5-6,8H,4H2,1-3H3. The number of rotatable bonds is 3. The fraction of sp³-hybridized carbons (Fsp3) is 0.714. The van der Waals surface area contributed by atoms with Crippen molar-refractivity contribution in [3.63, 3.8) is 0 Å². The summed E-state index contributed by atoms with van der Waals surface area (Å²) in [5.41, 5.74) is 0. The average Bonchev–Trinajstić information content (AvgIpc) is 2.31. The molecule has 62 valence electrons. The molecule has 0 radical (unpaired) electrons. The van der Waals surface area contributed by atoms with Crippen LogP contribution >= 0.6 is 0 Å². The Morgan fingerprint density at radius 3 is 2.82 bits per heavy atom. The lowest BCUT2D eigenvalue weighted by atomic mass is 10.4. The smallest absolute Gasteiger partial charge is 0.164 e. The summed E-state index contributed by atoms with van der Waals surface area (Å²) in [4.78, 5) is 4.08. The lowest BCUT2D eigenvalue weighted by molar-refractivity contribution is 0.569. The van der Waals surface area contributed by atoms with Gasteiger partial charge in [0.15, 0.2) is 5.82 Å². The van der Waals surface area contributed by atoms with E-state index in [0.29, 0.717) is 6.04 Å². The van der Waals surface area contributed by atoms with Gasteiger partial charge in [-0.05, 0) is 0 Å². The molecule has 0 saturated heterocycles. The lowest BCUT2D eigenvalue weighted by Crippen LogP contribution is -2.22. The van der Waals surface area contributed by atoms with E-state index in [9.17, 15) is 0 Å². The molecule has 1 aromatic rings. The van der Waals surface area contributed by atoms with Crippen LogP contribution in [0.1, 0.15) is 19.7 Å². The molecule has 0 bridgehead atoms. The van der Waals surface area contributed by atoms with Crippen LogP contribution in [-0.2, 0) is 13.6 Å². The number of nitrogens with zero attached hydrogens (tertiary/aromatic N) is 3. The molecule has 1 N–H and O–H groups in total. The summed E-state index contributed by atoms with van der Waals surface area (Å²) in [6, 6.07) is 0.485. The van der Waals surface area contributed by atoms with Crippen molar-refractivity contribution in [3.05, 3.63) is 12.2 Å². The van der Waals surface area contributed by atoms with E-state index in [1.807, 2.05) is 7.05 Å². The fourth-order valence-corrected chi connectivity index (χ4v) is 0.760. The molecule has 1 aromatic heterocycles. The van der Waals surface area contributed by atoms with Crippen molar-refractivity contribution in [3.8, 4) is 0 Å². The molecule has 0 atom stereocenters. The molecule has 0 aromatic carbocycles. The minimum absolute atomic E-state index is 0.485. The summed E-state index contributed by atoms with van der Waals surface area (Å²) in [5, 5.41) is 7.36. The van der Waals surface area contributed by atoms with Crippen LogP contribution in [0.4, 0.5) is 0 Å². The van der Waals surface area contributed by atoms with Gasteiger partial charge in [-0.1, -0.05) is 13.8 Å². The van der Waals surface area contributed by atoms with E-state index in [2.05, 4.69) is 29.2 Å². The molecule has 0 aliphatic carbocycles. The third-order valence-electron chi connectivity index (χ3n) is 1.32. The Kier molecular flexibility index (Phi) is 2.59. The van der Waals surface area contributed by atoms with Gasteiger partial charge in [0, 0.05) is 13.1 Å². The fourth-order valence-electron chi connectivity index (χ4n) is 0.760. The Hall–Kier alpha value is -0.900. The molecule has 11 heavy (non-hydrogen) atoms. The second kappa shape index (κ2) is 3.48. The van der Waals surface area contributed by atoms with Gasteiger partial charge in [0.05, 0.1) is 6.54 Å². The first kappa shape index (κ1) is 8.20. The molecule has 0 fully saturated rings. The van der Waals surface area contributed by atoms with Gasteiger partial charge < -0.3 is 5.32 Å². The van der Waals surface area contributed by atoms with Crippen molar-refractivity contribution in [1.82, 2.24) is 20.1 Å². The predicted octanol–water partition coefficient (Wildman–Crippen LogP) is 0.313. The summed E-state index contributed by atoms with van der Waals surface area (Å²) in [5.74, 6) is 0.848. The number of hydrogen-bond donors (Lipinski definition) is 1. The Morgan fingerprint density at radius 2 is 2.36 bits per heavy atom. The van der Waals surface area contributed by atoms with E-state index in [1.165, 1.54) is 0 Å². The molecule has 1 heterocycles. The van der Waals surface area contributed by atoms with Gasteiger partial charge in [-0.3, -0.25) is 4.68 Å². The number of nitrogens with one attached hydrogen (secondary N) is 1. The summed E-state index contributed by atoms with van der Waals surface area (Å²) in [7, 11) is 1.87. The zero-order valence-corrected chi connectivity index (χ0v) is 7.20. The maximum absolute atomic E-state index is 4.13. The molecule has 4 heteroatoms. The van der Waals surface area contributed by atoms with E-state index >= 15 is 0 Å². The minimum atomic E-state index is 0.485. The highest BCUT2D eigenvalue weighted by molar-refractivity contribution is 4.80. The van der Waals surface area contributed by atoms with E-state index in [4.69, 9.17) is 0 Å². The van der Waals surface area contributed by atoms with Crippen LogP contribution in [0.3, 0.4) is 0 Å². The normalized spacial score (nSPS) is 10.9. The molecule has 0 amide bonds. The minimum Gasteiger partial charge on any atom is -0.308 e. The van der Waals surface area contributed by atoms with Crippen LogP contribution in [0.15, 0.2) is 6.33 Å². The monoisotopic (exact) mass is 154 g/mol. The molecule has 0 aliphatic heterocycles. The van der Waals surface area contributed by atoms with Crippen LogP contribution in [0, 0.1) is 0 Å². The highest BCUT2D eigenvalue weighted by Gasteiger charge is 1.98. The van der Waals surface area contributed by atoms with Crippen LogP contribution in [0.5, 0.6) is 0 Å². The summed E-state index contributed by atoms with van der Waals surface area (Å²) < 4.78 is 1.71. The van der Waals surface area contributed by atoms with Crippen LogP contribution < -0.4 is 5.32 Å². The average molecular weight is 154 g/mol. The molecule has 1 rings (SSSR count). The van der Waals surface area contributed by atoms with Crippen LogP contribution in [0.25, 0.3) is 0 Å². The summed E-state index contributed by atoms with van der Waals surface area (Å²) in [6.07, 6.45) is 1.71. The zero-order chi connectivity index (χ0) is 8.27. The van der Waals surface area contributed by atoms with Crippen molar-refractivity contribution >= 4 is 0 Å². The van der Waals surface area contributed by atoms with Gasteiger partial charge >= 0.3 is 0 Å². The second-order valence-electron chi connectivity index (χ2n) is 2.87. The zero-order valence-electron chi connectivity index (χ0n) is 7.20. The first-order valence-corrected chi connectivity index (χ1v) is 3.76. The quantitative estimate of drug-likeness (QED) is 0.681. The van der Waals surface area contributed by atoms with E-state index in [0.717, 1.165) is 12.4 Å². The largest absolute Gasteiger partial charge is 0.308 e. The Balaban J connectivity index is 2.39. The van der Waals surface area contributed by atoms with Crippen molar-refractivity contribution < 1.29 is 0 Å². The Bertz CT molecular complexity index is 216.